The third kappa shape index (κ3) is 3.25. The molecule has 0 bridgehead atoms. The zero-order chi connectivity index (χ0) is 16.3. The first-order valence-corrected chi connectivity index (χ1v) is 7.63. The summed E-state index contributed by atoms with van der Waals surface area (Å²) < 4.78 is 0. The number of hydroxylamine groups is 2. The topological polar surface area (TPSA) is 138 Å². The van der Waals surface area contributed by atoms with Crippen molar-refractivity contribution in [3.8, 4) is 0 Å². The summed E-state index contributed by atoms with van der Waals surface area (Å²) in [6.07, 6.45) is 3.63. The highest BCUT2D eigenvalue weighted by atomic mass is 16.6. The van der Waals surface area contributed by atoms with Crippen LogP contribution in [0.4, 0.5) is 0 Å². The van der Waals surface area contributed by atoms with Gasteiger partial charge in [0.25, 0.3) is 24.2 Å². The number of nitrogens with zero attached hydrogens (tertiary/aromatic N) is 4. The Labute approximate surface area is 126 Å². The summed E-state index contributed by atoms with van der Waals surface area (Å²) in [6, 6.07) is -4.23. The number of nitro groups is 2. The van der Waals surface area contributed by atoms with Crippen LogP contribution in [-0.4, -0.2) is 43.7 Å². The normalized spacial score (nSPS) is 33.8. The van der Waals surface area contributed by atoms with Crippen LogP contribution in [-0.2, 0) is 0 Å². The molecule has 2 aliphatic carbocycles. The fourth-order valence-electron chi connectivity index (χ4n) is 3.48. The third-order valence-corrected chi connectivity index (χ3v) is 4.69. The van der Waals surface area contributed by atoms with Gasteiger partial charge in [-0.1, -0.05) is 0 Å². The number of hydrogen-bond acceptors (Lipinski definition) is 6. The molecule has 0 N–H and O–H groups in total. The lowest BCUT2D eigenvalue weighted by Gasteiger charge is -2.25. The van der Waals surface area contributed by atoms with E-state index in [1.165, 1.54) is 0 Å². The van der Waals surface area contributed by atoms with Crippen molar-refractivity contribution < 1.29 is 19.6 Å². The van der Waals surface area contributed by atoms with E-state index in [9.17, 15) is 30.6 Å². The highest BCUT2D eigenvalue weighted by Crippen LogP contribution is 2.26. The minimum absolute atomic E-state index is 0.0963. The Morgan fingerprint density at radius 2 is 0.818 bits per heavy atom. The van der Waals surface area contributed by atoms with Crippen molar-refractivity contribution in [2.75, 3.05) is 0 Å². The van der Waals surface area contributed by atoms with Gasteiger partial charge in [0.15, 0.2) is 0 Å². The van der Waals surface area contributed by atoms with Gasteiger partial charge in [0.05, 0.1) is 0 Å². The molecule has 0 aliphatic heterocycles. The van der Waals surface area contributed by atoms with Gasteiger partial charge in [-0.3, -0.25) is 20.2 Å². The minimum Gasteiger partial charge on any atom is -0.567 e. The number of azo groups is 1. The monoisotopic (exact) mass is 316 g/mol. The first kappa shape index (κ1) is 16.4. The fourth-order valence-corrected chi connectivity index (χ4v) is 3.48. The second kappa shape index (κ2) is 6.84. The average Bonchev–Trinajstić information content (AvgIpc) is 2.53. The molecule has 10 heteroatoms. The lowest BCUT2D eigenvalue weighted by Crippen LogP contribution is -2.50. The molecule has 0 unspecified atom stereocenters. The standard InChI is InChI=1S/C12H20N4O6/c17-13(9-5-1-3-7-11(9)15(19)20)14(18)10-6-2-4-8-12(10)16(21)22/h9-12H,1-8H2/b14-13+/t9-,10+,11-,12-/m0/s1. The lowest BCUT2D eigenvalue weighted by molar-refractivity contribution is -1.01. The van der Waals surface area contributed by atoms with Gasteiger partial charge in [0, 0.05) is 45.3 Å². The summed E-state index contributed by atoms with van der Waals surface area (Å²) in [5, 5.41) is 46.7. The number of hydrogen-bond donors (Lipinski definition) is 0. The summed E-state index contributed by atoms with van der Waals surface area (Å²) >= 11 is 0. The molecule has 2 fully saturated rings. The SMILES string of the molecule is O=[N+]([O-])[C@H]1CCCC[C@H]1/[N+]([O-])=[N+](\[O-])[C@H]1CCCC[C@@H]1[N+](=O)[O-]. The van der Waals surface area contributed by atoms with E-state index in [1.54, 1.807) is 0 Å². The Morgan fingerprint density at radius 3 is 1.09 bits per heavy atom. The molecular formula is C12H20N4O6. The largest absolute Gasteiger partial charge is 0.567 e. The van der Waals surface area contributed by atoms with Crippen LogP contribution >= 0.6 is 0 Å². The fraction of sp³-hybridized carbons (Fsp3) is 1.00. The van der Waals surface area contributed by atoms with Gasteiger partial charge in [-0.25, -0.2) is 0 Å². The quantitative estimate of drug-likeness (QED) is 0.334. The van der Waals surface area contributed by atoms with Gasteiger partial charge < -0.3 is 10.4 Å². The smallest absolute Gasteiger partial charge is 0.295 e. The highest BCUT2D eigenvalue weighted by molar-refractivity contribution is 4.76. The van der Waals surface area contributed by atoms with Crippen LogP contribution < -0.4 is 0 Å². The van der Waals surface area contributed by atoms with Gasteiger partial charge in [-0.2, -0.15) is 0 Å². The molecule has 0 amide bonds. The molecule has 10 nitrogen and oxygen atoms in total. The summed E-state index contributed by atoms with van der Waals surface area (Å²) in [7, 11) is 0. The van der Waals surface area contributed by atoms with E-state index in [4.69, 9.17) is 0 Å². The van der Waals surface area contributed by atoms with Crippen LogP contribution in [0.1, 0.15) is 51.4 Å². The molecule has 22 heavy (non-hydrogen) atoms. The van der Waals surface area contributed by atoms with Crippen LogP contribution in [0, 0.1) is 30.6 Å². The Balaban J connectivity index is 2.25. The van der Waals surface area contributed by atoms with Gasteiger partial charge in [0.1, 0.15) is 0 Å². The molecule has 2 saturated carbocycles. The summed E-state index contributed by atoms with van der Waals surface area (Å²) in [5.41, 5.74) is 0. The van der Waals surface area contributed by atoms with Gasteiger partial charge >= 0.3 is 0 Å². The maximum atomic E-state index is 12.3. The van der Waals surface area contributed by atoms with Crippen LogP contribution in [0.2, 0.25) is 0 Å². The molecule has 0 aromatic rings. The molecule has 0 radical (unpaired) electrons. The molecule has 124 valence electrons. The van der Waals surface area contributed by atoms with Crippen molar-refractivity contribution >= 4 is 0 Å². The highest BCUT2D eigenvalue weighted by Gasteiger charge is 2.49. The predicted molar refractivity (Wildman–Crippen MR) is 73.3 cm³/mol. The van der Waals surface area contributed by atoms with Crippen molar-refractivity contribution in [3.05, 3.63) is 30.6 Å². The molecule has 0 spiro atoms. The van der Waals surface area contributed by atoms with E-state index in [1.807, 2.05) is 0 Å². The third-order valence-electron chi connectivity index (χ3n) is 4.69. The van der Waals surface area contributed by atoms with Crippen molar-refractivity contribution in [2.24, 2.45) is 0 Å². The first-order chi connectivity index (χ1) is 10.4. The average molecular weight is 316 g/mol. The maximum absolute atomic E-state index is 12.3. The Kier molecular flexibility index (Phi) is 5.09. The molecule has 0 heterocycles. The van der Waals surface area contributed by atoms with Crippen molar-refractivity contribution in [1.82, 2.24) is 0 Å². The van der Waals surface area contributed by atoms with E-state index in [2.05, 4.69) is 0 Å². The summed E-state index contributed by atoms with van der Waals surface area (Å²) in [6.45, 7) is 0. The molecular weight excluding hydrogens is 296 g/mol. The summed E-state index contributed by atoms with van der Waals surface area (Å²) in [4.78, 5) is 21.3. The van der Waals surface area contributed by atoms with E-state index in [0.717, 1.165) is 0 Å². The van der Waals surface area contributed by atoms with Crippen LogP contribution in [0.25, 0.3) is 0 Å². The van der Waals surface area contributed by atoms with Gasteiger partial charge in [-0.15, -0.1) is 0 Å². The van der Waals surface area contributed by atoms with Gasteiger partial charge in [-0.05, 0) is 25.7 Å². The van der Waals surface area contributed by atoms with Crippen molar-refractivity contribution in [1.29, 1.82) is 0 Å². The maximum Gasteiger partial charge on any atom is 0.295 e. The molecule has 0 aromatic carbocycles. The molecule has 2 rings (SSSR count). The van der Waals surface area contributed by atoms with E-state index in [-0.39, 0.29) is 35.4 Å². The Hall–Kier alpha value is -2.00. The predicted octanol–water partition coefficient (Wildman–Crippen LogP) is 1.63. The zero-order valence-electron chi connectivity index (χ0n) is 12.2. The van der Waals surface area contributed by atoms with Crippen molar-refractivity contribution in [3.63, 3.8) is 0 Å². The molecule has 0 aromatic heterocycles. The van der Waals surface area contributed by atoms with Crippen molar-refractivity contribution in [2.45, 2.75) is 75.5 Å². The molecule has 4 atom stereocenters. The van der Waals surface area contributed by atoms with E-state index >= 15 is 0 Å². The van der Waals surface area contributed by atoms with E-state index in [0.29, 0.717) is 25.7 Å². The summed E-state index contributed by atoms with van der Waals surface area (Å²) in [5.74, 6) is 0. The Morgan fingerprint density at radius 1 is 0.545 bits per heavy atom. The molecule has 0 saturated heterocycles. The van der Waals surface area contributed by atoms with Crippen LogP contribution in [0.15, 0.2) is 0 Å². The number of rotatable bonds is 4. The van der Waals surface area contributed by atoms with Gasteiger partial charge in [0.2, 0.25) is 0 Å². The van der Waals surface area contributed by atoms with E-state index < -0.39 is 34.0 Å². The first-order valence-electron chi connectivity index (χ1n) is 7.63. The Bertz CT molecular complexity index is 440. The van der Waals surface area contributed by atoms with Crippen LogP contribution in [0.5, 0.6) is 0 Å². The minimum atomic E-state index is -1.08. The second-order valence-electron chi connectivity index (χ2n) is 6.01. The second-order valence-corrected chi connectivity index (χ2v) is 6.01. The lowest BCUT2D eigenvalue weighted by atomic mass is 9.90. The van der Waals surface area contributed by atoms with Crippen LogP contribution in [0.3, 0.4) is 0 Å². The zero-order valence-corrected chi connectivity index (χ0v) is 12.2. The molecule has 2 aliphatic rings.